The van der Waals surface area contributed by atoms with E-state index < -0.39 is 6.10 Å². The zero-order valence-corrected chi connectivity index (χ0v) is 17.7. The summed E-state index contributed by atoms with van der Waals surface area (Å²) in [5.41, 5.74) is 3.53. The molecule has 1 N–H and O–H groups in total. The van der Waals surface area contributed by atoms with Crippen molar-refractivity contribution in [3.63, 3.8) is 0 Å². The average molecular weight is 398 g/mol. The van der Waals surface area contributed by atoms with Gasteiger partial charge in [0.2, 0.25) is 0 Å². The van der Waals surface area contributed by atoms with Crippen LogP contribution in [0.3, 0.4) is 0 Å². The Kier molecular flexibility index (Phi) is 8.72. The molecule has 2 nitrogen and oxygen atoms in total. The predicted molar refractivity (Wildman–Crippen MR) is 125 cm³/mol. The number of hydrogen-bond donors (Lipinski definition) is 1. The van der Waals surface area contributed by atoms with E-state index in [2.05, 4.69) is 72.2 Å². The highest BCUT2D eigenvalue weighted by molar-refractivity contribution is 5.34. The Balaban J connectivity index is 1.81. The lowest BCUT2D eigenvalue weighted by Crippen LogP contribution is -2.34. The molecule has 0 aliphatic rings. The predicted octanol–water partition coefficient (Wildman–Crippen LogP) is 5.52. The normalized spacial score (nSPS) is 12.8. The largest absolute Gasteiger partial charge is 0.392 e. The second-order valence-corrected chi connectivity index (χ2v) is 7.74. The van der Waals surface area contributed by atoms with Gasteiger partial charge in [-0.1, -0.05) is 104 Å². The van der Waals surface area contributed by atoms with Gasteiger partial charge in [-0.25, -0.2) is 0 Å². The van der Waals surface area contributed by atoms with E-state index in [1.165, 1.54) is 11.1 Å². The molecule has 0 spiro atoms. The molecule has 0 heterocycles. The van der Waals surface area contributed by atoms with Crippen molar-refractivity contribution in [3.05, 3.63) is 108 Å². The maximum Gasteiger partial charge on any atom is 0.0690 e. The first-order valence-corrected chi connectivity index (χ1v) is 10.8. The Morgan fingerprint density at radius 2 is 1.27 bits per heavy atom. The van der Waals surface area contributed by atoms with Gasteiger partial charge in [0.25, 0.3) is 0 Å². The molecule has 3 rings (SSSR count). The summed E-state index contributed by atoms with van der Waals surface area (Å²) in [4.78, 5) is 2.40. The first kappa shape index (κ1) is 21.8. The number of nitrogens with zero attached hydrogens (tertiary/aromatic N) is 1. The molecule has 30 heavy (non-hydrogen) atoms. The van der Waals surface area contributed by atoms with Gasteiger partial charge in [0.1, 0.15) is 0 Å². The van der Waals surface area contributed by atoms with Crippen LogP contribution < -0.4 is 0 Å². The van der Waals surface area contributed by atoms with Crippen LogP contribution >= 0.6 is 0 Å². The van der Waals surface area contributed by atoms with E-state index in [9.17, 15) is 5.11 Å². The summed E-state index contributed by atoms with van der Waals surface area (Å²) in [7, 11) is 0. The Bertz CT molecular complexity index is 871. The van der Waals surface area contributed by atoms with Crippen molar-refractivity contribution in [2.75, 3.05) is 6.54 Å². The molecule has 154 valence electrons. The van der Waals surface area contributed by atoms with Crippen LogP contribution in [-0.4, -0.2) is 22.7 Å². The fourth-order valence-electron chi connectivity index (χ4n) is 3.60. The molecule has 0 saturated carbocycles. The fourth-order valence-corrected chi connectivity index (χ4v) is 3.60. The lowest BCUT2D eigenvalue weighted by atomic mass is 9.97. The van der Waals surface area contributed by atoms with E-state index in [1.54, 1.807) is 0 Å². The summed E-state index contributed by atoms with van der Waals surface area (Å²) >= 11 is 0. The van der Waals surface area contributed by atoms with Crippen LogP contribution in [0, 0.1) is 17.8 Å². The van der Waals surface area contributed by atoms with Crippen LogP contribution in [0.4, 0.5) is 0 Å². The second kappa shape index (κ2) is 12.0. The highest BCUT2D eigenvalue weighted by atomic mass is 16.3. The van der Waals surface area contributed by atoms with Gasteiger partial charge in [-0.05, 0) is 29.7 Å². The standard InChI is InChI=1S/C28H31NO/c1-2-12-28(30)27(20-19-24-13-6-3-7-14-24)23-29(21-25-15-8-4-9-16-25)22-26-17-10-5-11-18-26/h3-11,13-18,27-28,30H,2,12,21-23H2,1H3/t27-,28+/m1/s1. The zero-order valence-electron chi connectivity index (χ0n) is 17.7. The average Bonchev–Trinajstić information content (AvgIpc) is 2.78. The third-order valence-corrected chi connectivity index (χ3v) is 5.18. The van der Waals surface area contributed by atoms with Crippen molar-refractivity contribution < 1.29 is 5.11 Å². The number of hydrogen-bond acceptors (Lipinski definition) is 2. The van der Waals surface area contributed by atoms with E-state index >= 15 is 0 Å². The quantitative estimate of drug-likeness (QED) is 0.481. The molecule has 0 aromatic heterocycles. The molecule has 0 aliphatic heterocycles. The van der Waals surface area contributed by atoms with Gasteiger partial charge in [-0.2, -0.15) is 0 Å². The van der Waals surface area contributed by atoms with Crippen molar-refractivity contribution >= 4 is 0 Å². The minimum Gasteiger partial charge on any atom is -0.392 e. The van der Waals surface area contributed by atoms with Gasteiger partial charge in [-0.15, -0.1) is 0 Å². The molecule has 3 aromatic rings. The van der Waals surface area contributed by atoms with Crippen LogP contribution in [0.5, 0.6) is 0 Å². The lowest BCUT2D eigenvalue weighted by Gasteiger charge is -2.28. The Labute approximate surface area is 181 Å². The van der Waals surface area contributed by atoms with Gasteiger partial charge < -0.3 is 5.11 Å². The van der Waals surface area contributed by atoms with E-state index in [1.807, 2.05) is 42.5 Å². The van der Waals surface area contributed by atoms with Crippen molar-refractivity contribution in [1.29, 1.82) is 0 Å². The molecule has 2 atom stereocenters. The highest BCUT2D eigenvalue weighted by Gasteiger charge is 2.20. The Morgan fingerprint density at radius 1 is 0.767 bits per heavy atom. The molecule has 0 saturated heterocycles. The van der Waals surface area contributed by atoms with Crippen molar-refractivity contribution in [2.45, 2.75) is 39.0 Å². The number of aliphatic hydroxyl groups is 1. The van der Waals surface area contributed by atoms with Crippen LogP contribution in [0.25, 0.3) is 0 Å². The lowest BCUT2D eigenvalue weighted by molar-refractivity contribution is 0.0937. The number of aliphatic hydroxyl groups excluding tert-OH is 1. The van der Waals surface area contributed by atoms with Gasteiger partial charge in [-0.3, -0.25) is 4.90 Å². The minimum atomic E-state index is -0.430. The topological polar surface area (TPSA) is 23.5 Å². The van der Waals surface area contributed by atoms with E-state index in [0.717, 1.165) is 38.0 Å². The van der Waals surface area contributed by atoms with Crippen molar-refractivity contribution in [1.82, 2.24) is 4.90 Å². The first-order valence-electron chi connectivity index (χ1n) is 10.8. The molecular weight excluding hydrogens is 366 g/mol. The summed E-state index contributed by atoms with van der Waals surface area (Å²) in [6, 6.07) is 31.1. The maximum atomic E-state index is 10.8. The van der Waals surface area contributed by atoms with Gasteiger partial charge in [0.05, 0.1) is 12.0 Å². The minimum absolute atomic E-state index is 0.0995. The monoisotopic (exact) mass is 397 g/mol. The van der Waals surface area contributed by atoms with Crippen molar-refractivity contribution in [3.8, 4) is 11.8 Å². The molecule has 0 bridgehead atoms. The molecule has 0 aliphatic carbocycles. The summed E-state index contributed by atoms with van der Waals surface area (Å²) in [5.74, 6) is 6.56. The molecule has 2 heteroatoms. The SMILES string of the molecule is CCC[C@H](O)[C@H](C#Cc1ccccc1)CN(Cc1ccccc1)Cc1ccccc1. The van der Waals surface area contributed by atoms with Crippen LogP contribution in [0.1, 0.15) is 36.5 Å². The zero-order chi connectivity index (χ0) is 21.0. The molecule has 0 unspecified atom stereocenters. The summed E-state index contributed by atoms with van der Waals surface area (Å²) in [6.45, 7) is 4.50. The smallest absolute Gasteiger partial charge is 0.0690 e. The molecule has 0 fully saturated rings. The van der Waals surface area contributed by atoms with E-state index in [0.29, 0.717) is 0 Å². The molecule has 0 radical (unpaired) electrons. The Hall–Kier alpha value is -2.86. The van der Waals surface area contributed by atoms with Gasteiger partial charge in [0, 0.05) is 25.2 Å². The fraction of sp³-hybridized carbons (Fsp3) is 0.286. The van der Waals surface area contributed by atoms with Crippen LogP contribution in [0.15, 0.2) is 91.0 Å². The molecular formula is C28H31NO. The third kappa shape index (κ3) is 7.19. The third-order valence-electron chi connectivity index (χ3n) is 5.18. The van der Waals surface area contributed by atoms with E-state index in [-0.39, 0.29) is 5.92 Å². The molecule has 3 aromatic carbocycles. The van der Waals surface area contributed by atoms with Gasteiger partial charge >= 0.3 is 0 Å². The van der Waals surface area contributed by atoms with Crippen LogP contribution in [0.2, 0.25) is 0 Å². The highest BCUT2D eigenvalue weighted by Crippen LogP contribution is 2.17. The summed E-state index contributed by atoms with van der Waals surface area (Å²) < 4.78 is 0. The maximum absolute atomic E-state index is 10.8. The first-order chi connectivity index (χ1) is 14.7. The number of rotatable bonds is 9. The van der Waals surface area contributed by atoms with Gasteiger partial charge in [0.15, 0.2) is 0 Å². The summed E-state index contributed by atoms with van der Waals surface area (Å²) in [5, 5.41) is 10.8. The number of benzene rings is 3. The summed E-state index contributed by atoms with van der Waals surface area (Å²) in [6.07, 6.45) is 1.28. The molecule has 0 amide bonds. The van der Waals surface area contributed by atoms with E-state index in [4.69, 9.17) is 0 Å². The second-order valence-electron chi connectivity index (χ2n) is 7.74. The van der Waals surface area contributed by atoms with Crippen molar-refractivity contribution in [2.24, 2.45) is 5.92 Å². The Morgan fingerprint density at radius 3 is 1.77 bits per heavy atom. The van der Waals surface area contributed by atoms with Crippen LogP contribution in [-0.2, 0) is 13.1 Å².